The minimum absolute atomic E-state index is 0.0106. The normalized spacial score (nSPS) is 27.6. The van der Waals surface area contributed by atoms with Crippen LogP contribution in [-0.4, -0.2) is 41.0 Å². The van der Waals surface area contributed by atoms with E-state index in [1.807, 2.05) is 6.07 Å². The molecule has 6 heteroatoms. The lowest BCUT2D eigenvalue weighted by atomic mass is 9.90. The van der Waals surface area contributed by atoms with Gasteiger partial charge in [-0.15, -0.1) is 0 Å². The van der Waals surface area contributed by atoms with Crippen molar-refractivity contribution in [2.45, 2.75) is 69.5 Å². The molecule has 148 valence electrons. The third kappa shape index (κ3) is 2.57. The fraction of sp³-hybridized carbons (Fsp3) is 0.591. The molecule has 0 aromatic heterocycles. The summed E-state index contributed by atoms with van der Waals surface area (Å²) in [5.41, 5.74) is -0.264. The number of amides is 2. The second-order valence-corrected chi connectivity index (χ2v) is 8.57. The van der Waals surface area contributed by atoms with E-state index in [2.05, 4.69) is 0 Å². The van der Waals surface area contributed by atoms with Crippen molar-refractivity contribution < 1.29 is 19.1 Å². The van der Waals surface area contributed by atoms with E-state index in [-0.39, 0.29) is 24.3 Å². The molecule has 6 nitrogen and oxygen atoms in total. The van der Waals surface area contributed by atoms with Crippen molar-refractivity contribution in [1.29, 1.82) is 0 Å². The average molecular weight is 382 g/mol. The molecular weight excluding hydrogens is 356 g/mol. The molecule has 28 heavy (non-hydrogen) atoms. The van der Waals surface area contributed by atoms with E-state index in [1.54, 1.807) is 28.0 Å². The molecule has 2 aliphatic heterocycles. The van der Waals surface area contributed by atoms with Crippen molar-refractivity contribution in [3.63, 3.8) is 0 Å². The lowest BCUT2D eigenvalue weighted by Gasteiger charge is -2.48. The minimum Gasteiger partial charge on any atom is -0.462 e. The van der Waals surface area contributed by atoms with E-state index in [1.165, 1.54) is 19.3 Å². The number of esters is 1. The van der Waals surface area contributed by atoms with Gasteiger partial charge in [-0.1, -0.05) is 31.4 Å². The molecule has 0 N–H and O–H groups in total. The van der Waals surface area contributed by atoms with Gasteiger partial charge in [-0.05, 0) is 43.7 Å². The molecule has 1 atom stereocenters. The predicted molar refractivity (Wildman–Crippen MR) is 103 cm³/mol. The van der Waals surface area contributed by atoms with E-state index in [9.17, 15) is 14.4 Å². The third-order valence-electron chi connectivity index (χ3n) is 6.71. The smallest absolute Gasteiger partial charge is 0.353 e. The van der Waals surface area contributed by atoms with E-state index in [0.29, 0.717) is 30.2 Å². The zero-order chi connectivity index (χ0) is 19.3. The van der Waals surface area contributed by atoms with E-state index in [0.717, 1.165) is 25.7 Å². The zero-order valence-corrected chi connectivity index (χ0v) is 16.1. The highest BCUT2D eigenvalue weighted by Crippen LogP contribution is 2.49. The highest BCUT2D eigenvalue weighted by Gasteiger charge is 2.64. The van der Waals surface area contributed by atoms with Crippen LogP contribution in [0.15, 0.2) is 24.3 Å². The molecular formula is C22H26N2O4. The monoisotopic (exact) mass is 382 g/mol. The van der Waals surface area contributed by atoms with E-state index in [4.69, 9.17) is 4.74 Å². The summed E-state index contributed by atoms with van der Waals surface area (Å²) in [6, 6.07) is 7.13. The van der Waals surface area contributed by atoms with Crippen LogP contribution in [0.5, 0.6) is 0 Å². The lowest BCUT2D eigenvalue weighted by Crippen LogP contribution is -2.69. The van der Waals surface area contributed by atoms with Gasteiger partial charge in [0.25, 0.3) is 5.91 Å². The van der Waals surface area contributed by atoms with Crippen molar-refractivity contribution in [1.82, 2.24) is 4.90 Å². The van der Waals surface area contributed by atoms with Gasteiger partial charge < -0.3 is 9.64 Å². The molecule has 0 radical (unpaired) electrons. The van der Waals surface area contributed by atoms with Gasteiger partial charge >= 0.3 is 5.97 Å². The van der Waals surface area contributed by atoms with Gasteiger partial charge in [0.15, 0.2) is 0 Å². The quantitative estimate of drug-likeness (QED) is 0.750. The Morgan fingerprint density at radius 1 is 1.07 bits per heavy atom. The van der Waals surface area contributed by atoms with Crippen LogP contribution in [0.2, 0.25) is 0 Å². The Hall–Kier alpha value is -2.37. The maximum Gasteiger partial charge on any atom is 0.353 e. The molecule has 0 spiro atoms. The first-order chi connectivity index (χ1) is 13.6. The van der Waals surface area contributed by atoms with Crippen LogP contribution < -0.4 is 4.90 Å². The Labute approximate surface area is 164 Å². The Balaban J connectivity index is 1.51. The number of ether oxygens (including phenoxy) is 1. The summed E-state index contributed by atoms with van der Waals surface area (Å²) in [5, 5.41) is 0. The van der Waals surface area contributed by atoms with Crippen molar-refractivity contribution in [2.24, 2.45) is 5.92 Å². The molecule has 3 fully saturated rings. The summed E-state index contributed by atoms with van der Waals surface area (Å²) in [6.07, 6.45) is 8.07. The van der Waals surface area contributed by atoms with Crippen LogP contribution in [0.1, 0.15) is 68.1 Å². The highest BCUT2D eigenvalue weighted by atomic mass is 16.5. The second kappa shape index (κ2) is 6.61. The number of hydrogen-bond donors (Lipinski definition) is 0. The minimum atomic E-state index is -1.31. The Morgan fingerprint density at radius 3 is 2.57 bits per heavy atom. The summed E-state index contributed by atoms with van der Waals surface area (Å²) in [5.74, 6) is -0.307. The predicted octanol–water partition coefficient (Wildman–Crippen LogP) is 3.25. The number of rotatable bonds is 4. The number of carbonyl (C=O) groups is 3. The van der Waals surface area contributed by atoms with Gasteiger partial charge in [0.2, 0.25) is 11.6 Å². The summed E-state index contributed by atoms with van der Waals surface area (Å²) >= 11 is 0. The molecule has 1 aromatic rings. The number of fused-ring (bicyclic) bond motifs is 3. The number of nitrogens with zero attached hydrogens (tertiary/aromatic N) is 2. The zero-order valence-electron chi connectivity index (χ0n) is 16.1. The molecule has 0 bridgehead atoms. The highest BCUT2D eigenvalue weighted by molar-refractivity contribution is 6.15. The summed E-state index contributed by atoms with van der Waals surface area (Å²) in [4.78, 5) is 42.9. The lowest BCUT2D eigenvalue weighted by molar-refractivity contribution is -0.159. The number of anilines is 1. The molecule has 1 saturated heterocycles. The fourth-order valence-electron chi connectivity index (χ4n) is 5.18. The Bertz CT molecular complexity index is 828. The van der Waals surface area contributed by atoms with Crippen LogP contribution in [0, 0.1) is 5.92 Å². The molecule has 2 saturated carbocycles. The molecule has 2 amide bonds. The topological polar surface area (TPSA) is 66.9 Å². The maximum atomic E-state index is 13.5. The number of carbonyl (C=O) groups excluding carboxylic acids is 3. The molecule has 5 rings (SSSR count). The summed E-state index contributed by atoms with van der Waals surface area (Å²) in [6.45, 7) is 0.386. The SMILES string of the molecule is O=C1CCC2(C(=O)OCC3CCCCC3)N1c1ccccc1C(=O)N2C1CC1. The first-order valence-electron chi connectivity index (χ1n) is 10.6. The summed E-state index contributed by atoms with van der Waals surface area (Å²) in [7, 11) is 0. The van der Waals surface area contributed by atoms with Crippen LogP contribution in [0.4, 0.5) is 5.69 Å². The van der Waals surface area contributed by atoms with Crippen LogP contribution >= 0.6 is 0 Å². The third-order valence-corrected chi connectivity index (χ3v) is 6.71. The summed E-state index contributed by atoms with van der Waals surface area (Å²) < 4.78 is 5.82. The van der Waals surface area contributed by atoms with Crippen molar-refractivity contribution >= 4 is 23.5 Å². The van der Waals surface area contributed by atoms with Gasteiger partial charge in [-0.25, -0.2) is 4.79 Å². The van der Waals surface area contributed by atoms with Gasteiger partial charge in [0.05, 0.1) is 17.9 Å². The van der Waals surface area contributed by atoms with Crippen LogP contribution in [-0.2, 0) is 14.3 Å². The molecule has 1 unspecified atom stereocenters. The van der Waals surface area contributed by atoms with Gasteiger partial charge in [-0.3, -0.25) is 14.5 Å². The van der Waals surface area contributed by atoms with Crippen molar-refractivity contribution in [3.8, 4) is 0 Å². The molecule has 1 aromatic carbocycles. The van der Waals surface area contributed by atoms with E-state index >= 15 is 0 Å². The van der Waals surface area contributed by atoms with Crippen LogP contribution in [0.3, 0.4) is 0 Å². The first-order valence-corrected chi connectivity index (χ1v) is 10.6. The van der Waals surface area contributed by atoms with Crippen molar-refractivity contribution in [2.75, 3.05) is 11.5 Å². The fourth-order valence-corrected chi connectivity index (χ4v) is 5.18. The molecule has 2 aliphatic carbocycles. The van der Waals surface area contributed by atoms with Gasteiger partial charge in [-0.2, -0.15) is 0 Å². The Morgan fingerprint density at radius 2 is 1.82 bits per heavy atom. The number of hydrogen-bond acceptors (Lipinski definition) is 4. The average Bonchev–Trinajstić information content (AvgIpc) is 3.49. The van der Waals surface area contributed by atoms with Gasteiger partial charge in [0.1, 0.15) is 0 Å². The van der Waals surface area contributed by atoms with Crippen LogP contribution in [0.25, 0.3) is 0 Å². The molecule has 4 aliphatic rings. The number of para-hydroxylation sites is 1. The van der Waals surface area contributed by atoms with E-state index < -0.39 is 11.6 Å². The largest absolute Gasteiger partial charge is 0.462 e. The standard InChI is InChI=1S/C22H26N2O4/c25-19-12-13-22(21(27)28-14-15-6-2-1-3-7-15)23(16-10-11-16)20(26)17-8-4-5-9-18(17)24(19)22/h4-5,8-9,15-16H,1-3,6-7,10-14H2. The molecule has 2 heterocycles. The van der Waals surface area contributed by atoms with Crippen molar-refractivity contribution in [3.05, 3.63) is 29.8 Å². The van der Waals surface area contributed by atoms with Gasteiger partial charge in [0, 0.05) is 18.9 Å². The maximum absolute atomic E-state index is 13.5. The first kappa shape index (κ1) is 17.7. The number of benzene rings is 1. The Kier molecular flexibility index (Phi) is 4.18. The second-order valence-electron chi connectivity index (χ2n) is 8.57.